The van der Waals surface area contributed by atoms with Crippen LogP contribution in [-0.4, -0.2) is 33.2 Å². The van der Waals surface area contributed by atoms with E-state index in [4.69, 9.17) is 10.7 Å². The largest absolute Gasteiger partial charge is 0.757 e. The summed E-state index contributed by atoms with van der Waals surface area (Å²) in [5.41, 5.74) is 0.0567. The molecule has 1 fully saturated rings. The number of fused-ring (bicyclic) bond motifs is 1. The van der Waals surface area contributed by atoms with Crippen LogP contribution >= 0.6 is 23.5 Å². The van der Waals surface area contributed by atoms with Crippen LogP contribution in [0.1, 0.15) is 6.42 Å². The molecule has 1 aliphatic heterocycles. The number of allylic oxidation sites excluding steroid dienone is 1. The molecule has 0 aromatic rings. The lowest BCUT2D eigenvalue weighted by molar-refractivity contribution is -0.473. The van der Waals surface area contributed by atoms with Crippen molar-refractivity contribution in [3.05, 3.63) is 11.1 Å². The molecule has 0 spiro atoms. The van der Waals surface area contributed by atoms with Crippen molar-refractivity contribution in [3.8, 4) is 6.07 Å². The van der Waals surface area contributed by atoms with Gasteiger partial charge in [-0.25, -0.2) is 0 Å². The van der Waals surface area contributed by atoms with Crippen molar-refractivity contribution >= 4 is 39.5 Å². The number of hydrazone groups is 1. The van der Waals surface area contributed by atoms with Crippen LogP contribution < -0.4 is 0 Å². The third kappa shape index (κ3) is 1.71. The molecular formula is C10H10N4S2. The second-order valence-electron chi connectivity index (χ2n) is 3.52. The molecule has 0 radical (unpaired) electrons. The number of thioether (sulfide) groups is 2. The highest BCUT2D eigenvalue weighted by Gasteiger charge is 2.53. The van der Waals surface area contributed by atoms with Crippen molar-refractivity contribution < 1.29 is 4.68 Å². The number of rotatable bonds is 1. The van der Waals surface area contributed by atoms with E-state index in [9.17, 15) is 0 Å². The first-order valence-electron chi connectivity index (χ1n) is 4.77. The summed E-state index contributed by atoms with van der Waals surface area (Å²) >= 11 is 3.18. The fourth-order valence-corrected chi connectivity index (χ4v) is 3.42. The van der Waals surface area contributed by atoms with E-state index in [0.717, 1.165) is 16.5 Å². The predicted molar refractivity (Wildman–Crippen MR) is 68.8 cm³/mol. The first kappa shape index (κ1) is 11.5. The maximum Gasteiger partial charge on any atom is 0.336 e. The maximum absolute atomic E-state index is 8.90. The van der Waals surface area contributed by atoms with Gasteiger partial charge in [-0.05, 0) is 23.6 Å². The highest BCUT2D eigenvalue weighted by atomic mass is 32.2. The third-order valence-electron chi connectivity index (χ3n) is 2.67. The molecule has 82 valence electrons. The van der Waals surface area contributed by atoms with Gasteiger partial charge in [0.1, 0.15) is 5.04 Å². The molecular weight excluding hydrogens is 240 g/mol. The summed E-state index contributed by atoms with van der Waals surface area (Å²) in [4.78, 5) is 0. The molecule has 2 rings (SSSR count). The van der Waals surface area contributed by atoms with Crippen molar-refractivity contribution in [1.29, 1.82) is 5.26 Å². The van der Waals surface area contributed by atoms with Crippen LogP contribution in [0, 0.1) is 23.2 Å². The van der Waals surface area contributed by atoms with E-state index in [1.54, 1.807) is 23.5 Å². The fraction of sp³-hybridized carbons (Fsp3) is 0.500. The molecule has 16 heavy (non-hydrogen) atoms. The summed E-state index contributed by atoms with van der Waals surface area (Å²) in [5, 5.41) is 24.3. The molecule has 2 atom stereocenters. The molecule has 0 bridgehead atoms. The Morgan fingerprint density at radius 1 is 1.50 bits per heavy atom. The summed E-state index contributed by atoms with van der Waals surface area (Å²) in [7, 11) is 0. The van der Waals surface area contributed by atoms with Gasteiger partial charge in [0.05, 0.1) is 5.92 Å². The van der Waals surface area contributed by atoms with Crippen LogP contribution in [0.5, 0.6) is 0 Å². The normalized spacial score (nSPS) is 26.4. The van der Waals surface area contributed by atoms with Gasteiger partial charge in [0.15, 0.2) is 6.07 Å². The Morgan fingerprint density at radius 3 is 2.75 bits per heavy atom. The molecule has 0 amide bonds. The highest BCUT2D eigenvalue weighted by molar-refractivity contribution is 8.14. The van der Waals surface area contributed by atoms with E-state index in [1.807, 2.05) is 24.5 Å². The predicted octanol–water partition coefficient (Wildman–Crippen LogP) is 1.73. The van der Waals surface area contributed by atoms with Gasteiger partial charge in [-0.2, -0.15) is 11.1 Å². The van der Waals surface area contributed by atoms with Crippen LogP contribution in [-0.2, 0) is 0 Å². The first-order chi connectivity index (χ1) is 7.76. The summed E-state index contributed by atoms with van der Waals surface area (Å²) in [6, 6.07) is 1.90. The highest BCUT2D eigenvalue weighted by Crippen LogP contribution is 2.47. The van der Waals surface area contributed by atoms with E-state index in [-0.39, 0.29) is 5.70 Å². The minimum absolute atomic E-state index is 0.0567. The molecule has 0 aromatic heterocycles. The van der Waals surface area contributed by atoms with Crippen molar-refractivity contribution in [2.75, 3.05) is 12.5 Å². The lowest BCUT2D eigenvalue weighted by Crippen LogP contribution is -2.22. The molecule has 0 N–H and O–H groups in total. The van der Waals surface area contributed by atoms with E-state index < -0.39 is 0 Å². The molecule has 4 nitrogen and oxygen atoms in total. The fourth-order valence-electron chi connectivity index (χ4n) is 1.83. The molecule has 0 aromatic carbocycles. The Labute approximate surface area is 103 Å². The van der Waals surface area contributed by atoms with Crippen LogP contribution in [0.2, 0.25) is 0 Å². The standard InChI is InChI=1S/C10H10N4S2/c1-15-9-7-3-8(7)10(16-2)14(13-9)6(4-11)5-12/h7-8H,3H2,1-2H3/t7-,8+/m0/s1. The Kier molecular flexibility index (Phi) is 3.20. The van der Waals surface area contributed by atoms with Gasteiger partial charge in [0, 0.05) is 11.0 Å². The summed E-state index contributed by atoms with van der Waals surface area (Å²) in [6.45, 7) is 0. The number of nitriles is 1. The minimum atomic E-state index is 0.0567. The quantitative estimate of drug-likeness (QED) is 0.404. The van der Waals surface area contributed by atoms with E-state index in [1.165, 1.54) is 4.68 Å². The first-order valence-corrected chi connectivity index (χ1v) is 7.22. The van der Waals surface area contributed by atoms with Crippen molar-refractivity contribution in [1.82, 2.24) is 0 Å². The van der Waals surface area contributed by atoms with Gasteiger partial charge in [0.25, 0.3) is 5.04 Å². The minimum Gasteiger partial charge on any atom is -0.757 e. The smallest absolute Gasteiger partial charge is 0.336 e. The lowest BCUT2D eigenvalue weighted by atomic mass is 10.3. The molecule has 1 aliphatic carbocycles. The van der Waals surface area contributed by atoms with Crippen LogP contribution in [0.4, 0.5) is 0 Å². The zero-order chi connectivity index (χ0) is 11.7. The van der Waals surface area contributed by atoms with Gasteiger partial charge in [-0.15, -0.1) is 11.8 Å². The van der Waals surface area contributed by atoms with E-state index in [0.29, 0.717) is 11.8 Å². The lowest BCUT2D eigenvalue weighted by Gasteiger charge is -2.07. The van der Waals surface area contributed by atoms with Crippen LogP contribution in [0.25, 0.3) is 5.41 Å². The van der Waals surface area contributed by atoms with Crippen LogP contribution in [0.15, 0.2) is 10.8 Å². The van der Waals surface area contributed by atoms with Crippen molar-refractivity contribution in [2.45, 2.75) is 6.42 Å². The number of nitrogens with zero attached hydrogens (tertiary/aromatic N) is 4. The molecule has 0 saturated heterocycles. The van der Waals surface area contributed by atoms with Gasteiger partial charge in [-0.3, -0.25) is 0 Å². The van der Waals surface area contributed by atoms with Gasteiger partial charge < -0.3 is 5.41 Å². The molecule has 1 heterocycles. The zero-order valence-corrected chi connectivity index (χ0v) is 10.6. The summed E-state index contributed by atoms with van der Waals surface area (Å²) in [6.07, 6.45) is 5.04. The van der Waals surface area contributed by atoms with Crippen LogP contribution in [0.3, 0.4) is 0 Å². The number of hydrogen-bond donors (Lipinski definition) is 0. The monoisotopic (exact) mass is 250 g/mol. The third-order valence-corrected chi connectivity index (χ3v) is 4.37. The Balaban J connectivity index is 2.50. The Morgan fingerprint density at radius 2 is 2.25 bits per heavy atom. The Hall–Kier alpha value is -1.02. The molecule has 2 aliphatic rings. The van der Waals surface area contributed by atoms with Gasteiger partial charge in [0.2, 0.25) is 0 Å². The van der Waals surface area contributed by atoms with Crippen molar-refractivity contribution in [2.24, 2.45) is 16.9 Å². The molecule has 1 saturated carbocycles. The average molecular weight is 250 g/mol. The average Bonchev–Trinajstić information content (AvgIpc) is 3.09. The van der Waals surface area contributed by atoms with E-state index in [2.05, 4.69) is 5.10 Å². The second-order valence-corrected chi connectivity index (χ2v) is 5.17. The topological polar surface area (TPSA) is 61.5 Å². The van der Waals surface area contributed by atoms with Gasteiger partial charge >= 0.3 is 5.70 Å². The van der Waals surface area contributed by atoms with E-state index >= 15 is 0 Å². The molecule has 6 heteroatoms. The summed E-state index contributed by atoms with van der Waals surface area (Å²) < 4.78 is 1.52. The second kappa shape index (κ2) is 4.46. The zero-order valence-electron chi connectivity index (χ0n) is 8.97. The maximum atomic E-state index is 8.90. The van der Waals surface area contributed by atoms with Gasteiger partial charge in [-0.1, -0.05) is 11.8 Å². The van der Waals surface area contributed by atoms with Crippen molar-refractivity contribution in [3.63, 3.8) is 0 Å². The molecule has 0 unspecified atom stereocenters. The SMILES string of the molecule is CSC1=N[N+](C(=C=[N-])C#N)=C(SC)[C@@H]2C[C@H]12. The number of hydrogen-bond acceptors (Lipinski definition) is 4. The summed E-state index contributed by atoms with van der Waals surface area (Å²) in [5.74, 6) is 2.89. The Bertz CT molecular complexity index is 480.